The Morgan fingerprint density at radius 3 is 2.24 bits per heavy atom. The van der Waals surface area contributed by atoms with Crippen LogP contribution < -0.4 is 0 Å². The van der Waals surface area contributed by atoms with Gasteiger partial charge in [-0.25, -0.2) is 4.39 Å². The first-order valence-corrected chi connectivity index (χ1v) is 4.76. The maximum atomic E-state index is 12.9. The molecule has 0 saturated carbocycles. The van der Waals surface area contributed by atoms with Gasteiger partial charge in [0.1, 0.15) is 11.5 Å². The largest absolute Gasteiger partial charge is 0.433 e. The molecule has 2 rings (SSSR count). The molecule has 1 nitrogen and oxygen atoms in total. The van der Waals surface area contributed by atoms with E-state index < -0.39 is 17.7 Å². The van der Waals surface area contributed by atoms with Gasteiger partial charge in [0.05, 0.1) is 0 Å². The number of aromatic nitrogens is 1. The van der Waals surface area contributed by atoms with E-state index in [0.717, 1.165) is 12.3 Å². The Kier molecular flexibility index (Phi) is 2.83. The molecule has 1 aromatic heterocycles. The van der Waals surface area contributed by atoms with Crippen LogP contribution in [0.2, 0.25) is 0 Å². The first-order valence-electron chi connectivity index (χ1n) is 4.76. The predicted octanol–water partition coefficient (Wildman–Crippen LogP) is 3.91. The van der Waals surface area contributed by atoms with Crippen molar-refractivity contribution in [2.75, 3.05) is 0 Å². The lowest BCUT2D eigenvalue weighted by Crippen LogP contribution is -2.07. The zero-order valence-corrected chi connectivity index (χ0v) is 8.50. The minimum absolute atomic E-state index is 0.442. The van der Waals surface area contributed by atoms with Gasteiger partial charge in [0.25, 0.3) is 0 Å². The van der Waals surface area contributed by atoms with Crippen LogP contribution in [0.5, 0.6) is 0 Å². The molecule has 0 spiro atoms. The summed E-state index contributed by atoms with van der Waals surface area (Å²) in [5.74, 6) is -0.442. The van der Waals surface area contributed by atoms with Crippen LogP contribution in [0.3, 0.4) is 0 Å². The standard InChI is InChI=1S/C12H7F4N/c13-10-3-1-2-8(6-10)9-4-5-11(17-7-9)12(14,15)16/h1-7H. The number of halogens is 4. The molecule has 5 heteroatoms. The highest BCUT2D eigenvalue weighted by molar-refractivity contribution is 5.62. The molecule has 0 radical (unpaired) electrons. The summed E-state index contributed by atoms with van der Waals surface area (Å²) in [6, 6.07) is 7.74. The van der Waals surface area contributed by atoms with Crippen LogP contribution in [0.25, 0.3) is 11.1 Å². The van der Waals surface area contributed by atoms with E-state index in [-0.39, 0.29) is 0 Å². The van der Waals surface area contributed by atoms with Crippen molar-refractivity contribution in [1.29, 1.82) is 0 Å². The summed E-state index contributed by atoms with van der Waals surface area (Å²) in [5, 5.41) is 0. The summed E-state index contributed by atoms with van der Waals surface area (Å²) in [6.07, 6.45) is -3.38. The fourth-order valence-electron chi connectivity index (χ4n) is 1.40. The SMILES string of the molecule is Fc1cccc(-c2ccc(C(F)(F)F)nc2)c1. The number of nitrogens with zero attached hydrogens (tertiary/aromatic N) is 1. The molecule has 2 aromatic rings. The average molecular weight is 241 g/mol. The van der Waals surface area contributed by atoms with E-state index in [2.05, 4.69) is 4.98 Å². The Bertz CT molecular complexity index is 517. The molecule has 0 aliphatic rings. The van der Waals surface area contributed by atoms with Crippen molar-refractivity contribution in [3.63, 3.8) is 0 Å². The van der Waals surface area contributed by atoms with E-state index >= 15 is 0 Å². The molecule has 1 heterocycles. The van der Waals surface area contributed by atoms with Gasteiger partial charge in [0, 0.05) is 11.8 Å². The Morgan fingerprint density at radius 1 is 0.941 bits per heavy atom. The number of hydrogen-bond acceptors (Lipinski definition) is 1. The molecule has 0 fully saturated rings. The van der Waals surface area contributed by atoms with Crippen LogP contribution in [0.15, 0.2) is 42.6 Å². The van der Waals surface area contributed by atoms with Gasteiger partial charge in [-0.15, -0.1) is 0 Å². The summed E-state index contributed by atoms with van der Waals surface area (Å²) in [4.78, 5) is 3.31. The highest BCUT2D eigenvalue weighted by Gasteiger charge is 2.31. The maximum absolute atomic E-state index is 12.9. The van der Waals surface area contributed by atoms with Gasteiger partial charge < -0.3 is 0 Å². The Morgan fingerprint density at radius 2 is 1.71 bits per heavy atom. The topological polar surface area (TPSA) is 12.9 Å². The van der Waals surface area contributed by atoms with Crippen molar-refractivity contribution in [2.45, 2.75) is 6.18 Å². The smallest absolute Gasteiger partial charge is 0.251 e. The summed E-state index contributed by atoms with van der Waals surface area (Å²) in [5.41, 5.74) is -0.0265. The molecular formula is C12H7F4N. The van der Waals surface area contributed by atoms with Crippen LogP contribution in [0, 0.1) is 5.82 Å². The number of alkyl halides is 3. The quantitative estimate of drug-likeness (QED) is 0.690. The first-order chi connectivity index (χ1) is 7.97. The van der Waals surface area contributed by atoms with Gasteiger partial charge in [-0.2, -0.15) is 13.2 Å². The second-order valence-corrected chi connectivity index (χ2v) is 3.44. The third kappa shape index (κ3) is 2.61. The van der Waals surface area contributed by atoms with Gasteiger partial charge in [-0.3, -0.25) is 4.98 Å². The summed E-state index contributed by atoms with van der Waals surface area (Å²) in [7, 11) is 0. The lowest BCUT2D eigenvalue weighted by Gasteiger charge is -2.06. The maximum Gasteiger partial charge on any atom is 0.433 e. The third-order valence-electron chi connectivity index (χ3n) is 2.21. The van der Waals surface area contributed by atoms with E-state index in [4.69, 9.17) is 0 Å². The molecule has 0 aliphatic carbocycles. The first kappa shape index (κ1) is 11.6. The predicted molar refractivity (Wildman–Crippen MR) is 54.6 cm³/mol. The Balaban J connectivity index is 2.36. The lowest BCUT2D eigenvalue weighted by molar-refractivity contribution is -0.141. The molecule has 0 unspecified atom stereocenters. The highest BCUT2D eigenvalue weighted by Crippen LogP contribution is 2.28. The molecule has 1 aromatic carbocycles. The molecule has 0 aliphatic heterocycles. The normalized spacial score (nSPS) is 11.5. The van der Waals surface area contributed by atoms with Gasteiger partial charge in [-0.05, 0) is 23.8 Å². The Hall–Kier alpha value is -1.91. The van der Waals surface area contributed by atoms with Gasteiger partial charge in [0.2, 0.25) is 0 Å². The minimum Gasteiger partial charge on any atom is -0.251 e. The summed E-state index contributed by atoms with van der Waals surface area (Å²) < 4.78 is 49.7. The highest BCUT2D eigenvalue weighted by atomic mass is 19.4. The Labute approximate surface area is 94.7 Å². The summed E-state index contributed by atoms with van der Waals surface area (Å²) in [6.45, 7) is 0. The van der Waals surface area contributed by atoms with Gasteiger partial charge >= 0.3 is 6.18 Å². The fraction of sp³-hybridized carbons (Fsp3) is 0.0833. The number of pyridine rings is 1. The molecule has 0 atom stereocenters. The lowest BCUT2D eigenvalue weighted by atomic mass is 10.1. The zero-order valence-electron chi connectivity index (χ0n) is 8.50. The van der Waals surface area contributed by atoms with Crippen molar-refractivity contribution >= 4 is 0 Å². The molecule has 0 bridgehead atoms. The van der Waals surface area contributed by atoms with Crippen molar-refractivity contribution in [3.05, 3.63) is 54.1 Å². The summed E-state index contributed by atoms with van der Waals surface area (Å²) >= 11 is 0. The zero-order chi connectivity index (χ0) is 12.5. The number of rotatable bonds is 1. The molecule has 0 N–H and O–H groups in total. The molecule has 88 valence electrons. The van der Waals surface area contributed by atoms with Crippen molar-refractivity contribution in [3.8, 4) is 11.1 Å². The number of hydrogen-bond donors (Lipinski definition) is 0. The monoisotopic (exact) mass is 241 g/mol. The molecule has 17 heavy (non-hydrogen) atoms. The average Bonchev–Trinajstić information content (AvgIpc) is 2.28. The van der Waals surface area contributed by atoms with Crippen LogP contribution >= 0.6 is 0 Å². The second kappa shape index (κ2) is 4.16. The van der Waals surface area contributed by atoms with E-state index in [1.165, 1.54) is 24.3 Å². The number of benzene rings is 1. The second-order valence-electron chi connectivity index (χ2n) is 3.44. The minimum atomic E-state index is -4.46. The van der Waals surface area contributed by atoms with Crippen molar-refractivity contribution < 1.29 is 17.6 Å². The molecule has 0 saturated heterocycles. The van der Waals surface area contributed by atoms with Crippen molar-refractivity contribution in [1.82, 2.24) is 4.98 Å². The third-order valence-corrected chi connectivity index (χ3v) is 2.21. The van der Waals surface area contributed by atoms with E-state index in [1.54, 1.807) is 6.07 Å². The van der Waals surface area contributed by atoms with E-state index in [0.29, 0.717) is 11.1 Å². The van der Waals surface area contributed by atoms with Crippen LogP contribution in [0.1, 0.15) is 5.69 Å². The molecular weight excluding hydrogens is 234 g/mol. The van der Waals surface area contributed by atoms with E-state index in [1.807, 2.05) is 0 Å². The van der Waals surface area contributed by atoms with Crippen LogP contribution in [0.4, 0.5) is 17.6 Å². The molecule has 0 amide bonds. The van der Waals surface area contributed by atoms with Gasteiger partial charge in [-0.1, -0.05) is 18.2 Å². The van der Waals surface area contributed by atoms with E-state index in [9.17, 15) is 17.6 Å². The van der Waals surface area contributed by atoms with Gasteiger partial charge in [0.15, 0.2) is 0 Å². The van der Waals surface area contributed by atoms with Crippen LogP contribution in [-0.2, 0) is 6.18 Å². The van der Waals surface area contributed by atoms with Crippen molar-refractivity contribution in [2.24, 2.45) is 0 Å². The fourth-order valence-corrected chi connectivity index (χ4v) is 1.40. The van der Waals surface area contributed by atoms with Crippen LogP contribution in [-0.4, -0.2) is 4.98 Å².